The molecule has 1 aliphatic carbocycles. The smallest absolute Gasteiger partial charge is 0.141 e. The van der Waals surface area contributed by atoms with Crippen LogP contribution in [0.4, 0.5) is 0 Å². The second kappa shape index (κ2) is 5.92. The second-order valence-corrected chi connectivity index (χ2v) is 5.29. The summed E-state index contributed by atoms with van der Waals surface area (Å²) in [5.74, 6) is 1.58. The maximum atomic E-state index is 6.15. The molecule has 88 valence electrons. The van der Waals surface area contributed by atoms with Crippen molar-refractivity contribution in [2.24, 2.45) is 5.92 Å². The topological polar surface area (TPSA) is 9.23 Å². The molecule has 0 bridgehead atoms. The molecule has 0 heterocycles. The van der Waals surface area contributed by atoms with Gasteiger partial charge in [0.1, 0.15) is 5.75 Å². The van der Waals surface area contributed by atoms with E-state index in [-0.39, 0.29) is 0 Å². The first kappa shape index (κ1) is 12.3. The molecule has 1 aromatic rings. The fourth-order valence-electron chi connectivity index (χ4n) is 2.20. The third kappa shape index (κ3) is 2.92. The molecule has 1 aromatic carbocycles. The Morgan fingerprint density at radius 2 is 2.06 bits per heavy atom. The number of hydrogen-bond acceptors (Lipinski definition) is 1. The molecule has 0 amide bonds. The van der Waals surface area contributed by atoms with Crippen LogP contribution in [-0.4, -0.2) is 6.61 Å². The molecule has 2 rings (SSSR count). The molecule has 1 saturated carbocycles. The van der Waals surface area contributed by atoms with Crippen molar-refractivity contribution >= 4 is 27.5 Å². The lowest BCUT2D eigenvalue weighted by Gasteiger charge is -2.15. The largest absolute Gasteiger partial charge is 0.491 e. The summed E-state index contributed by atoms with van der Waals surface area (Å²) in [6, 6.07) is 5.89. The zero-order valence-corrected chi connectivity index (χ0v) is 11.6. The van der Waals surface area contributed by atoms with E-state index in [0.717, 1.165) is 34.2 Å². The molecule has 16 heavy (non-hydrogen) atoms. The molecular formula is C13H16BrClO. The Kier molecular flexibility index (Phi) is 4.54. The van der Waals surface area contributed by atoms with Gasteiger partial charge in [-0.15, -0.1) is 0 Å². The maximum Gasteiger partial charge on any atom is 0.141 e. The number of para-hydroxylation sites is 1. The number of benzene rings is 1. The summed E-state index contributed by atoms with van der Waals surface area (Å²) in [6.45, 7) is 0.809. The summed E-state index contributed by atoms with van der Waals surface area (Å²) in [6.07, 6.45) is 5.30. The standard InChI is InChI=1S/C13H16BrClO/c14-8-11-6-3-7-12(15)13(11)16-9-10-4-1-2-5-10/h3,6-7,10H,1-2,4-5,8-9H2. The van der Waals surface area contributed by atoms with Crippen molar-refractivity contribution in [3.05, 3.63) is 28.8 Å². The quantitative estimate of drug-likeness (QED) is 0.726. The highest BCUT2D eigenvalue weighted by Gasteiger charge is 2.17. The van der Waals surface area contributed by atoms with Gasteiger partial charge in [0.05, 0.1) is 11.6 Å². The molecule has 1 aliphatic rings. The van der Waals surface area contributed by atoms with E-state index in [1.165, 1.54) is 25.7 Å². The molecule has 1 nitrogen and oxygen atoms in total. The van der Waals surface area contributed by atoms with E-state index < -0.39 is 0 Å². The van der Waals surface area contributed by atoms with Crippen LogP contribution in [0, 0.1) is 5.92 Å². The molecule has 3 heteroatoms. The first-order valence-corrected chi connectivity index (χ1v) is 7.27. The van der Waals surface area contributed by atoms with E-state index >= 15 is 0 Å². The Hall–Kier alpha value is -0.210. The molecule has 0 aliphatic heterocycles. The molecule has 0 radical (unpaired) electrons. The molecule has 0 N–H and O–H groups in total. The van der Waals surface area contributed by atoms with Crippen molar-refractivity contribution in [3.63, 3.8) is 0 Å². The van der Waals surface area contributed by atoms with Gasteiger partial charge in [-0.1, -0.05) is 52.5 Å². The molecule has 0 atom stereocenters. The molecule has 0 spiro atoms. The van der Waals surface area contributed by atoms with Gasteiger partial charge in [0.2, 0.25) is 0 Å². The van der Waals surface area contributed by atoms with Gasteiger partial charge in [-0.05, 0) is 24.8 Å². The molecule has 1 fully saturated rings. The van der Waals surface area contributed by atoms with Crippen molar-refractivity contribution in [2.45, 2.75) is 31.0 Å². The van der Waals surface area contributed by atoms with Crippen molar-refractivity contribution in [1.82, 2.24) is 0 Å². The Morgan fingerprint density at radius 1 is 1.31 bits per heavy atom. The highest BCUT2D eigenvalue weighted by molar-refractivity contribution is 9.08. The van der Waals surface area contributed by atoms with Crippen LogP contribution < -0.4 is 4.74 Å². The third-order valence-electron chi connectivity index (χ3n) is 3.13. The SMILES string of the molecule is Clc1cccc(CBr)c1OCC1CCCC1. The van der Waals surface area contributed by atoms with Gasteiger partial charge in [0.25, 0.3) is 0 Å². The fourth-order valence-corrected chi connectivity index (χ4v) is 2.89. The van der Waals surface area contributed by atoms with Crippen molar-refractivity contribution < 1.29 is 4.74 Å². The Labute approximate surface area is 110 Å². The number of halogens is 2. The van der Waals surface area contributed by atoms with Gasteiger partial charge in [-0.3, -0.25) is 0 Å². The predicted molar refractivity (Wildman–Crippen MR) is 71.5 cm³/mol. The lowest BCUT2D eigenvalue weighted by Crippen LogP contribution is -2.09. The summed E-state index contributed by atoms with van der Waals surface area (Å²) < 4.78 is 5.88. The number of ether oxygens (including phenoxy) is 1. The summed E-state index contributed by atoms with van der Waals surface area (Å²) in [7, 11) is 0. The zero-order chi connectivity index (χ0) is 11.4. The first-order chi connectivity index (χ1) is 7.81. The number of rotatable bonds is 4. The Morgan fingerprint density at radius 3 is 2.75 bits per heavy atom. The van der Waals surface area contributed by atoms with E-state index in [1.807, 2.05) is 18.2 Å². The minimum absolute atomic E-state index is 0.718. The fraction of sp³-hybridized carbons (Fsp3) is 0.538. The van der Waals surface area contributed by atoms with Crippen LogP contribution in [0.25, 0.3) is 0 Å². The van der Waals surface area contributed by atoms with Crippen LogP contribution in [0.15, 0.2) is 18.2 Å². The van der Waals surface area contributed by atoms with Crippen molar-refractivity contribution in [3.8, 4) is 5.75 Å². The monoisotopic (exact) mass is 302 g/mol. The van der Waals surface area contributed by atoms with Crippen LogP contribution >= 0.6 is 27.5 Å². The zero-order valence-electron chi connectivity index (χ0n) is 9.22. The van der Waals surface area contributed by atoms with Gasteiger partial charge in [-0.2, -0.15) is 0 Å². The lowest BCUT2D eigenvalue weighted by atomic mass is 10.1. The van der Waals surface area contributed by atoms with Gasteiger partial charge in [-0.25, -0.2) is 0 Å². The average molecular weight is 304 g/mol. The summed E-state index contributed by atoms with van der Waals surface area (Å²) in [5, 5.41) is 1.50. The minimum atomic E-state index is 0.718. The number of alkyl halides is 1. The molecule has 0 aromatic heterocycles. The van der Waals surface area contributed by atoms with Crippen LogP contribution in [0.3, 0.4) is 0 Å². The molecular weight excluding hydrogens is 287 g/mol. The average Bonchev–Trinajstić information content (AvgIpc) is 2.80. The highest BCUT2D eigenvalue weighted by atomic mass is 79.9. The van der Waals surface area contributed by atoms with Crippen LogP contribution in [0.1, 0.15) is 31.2 Å². The maximum absolute atomic E-state index is 6.15. The highest BCUT2D eigenvalue weighted by Crippen LogP contribution is 2.32. The van der Waals surface area contributed by atoms with Crippen LogP contribution in [-0.2, 0) is 5.33 Å². The third-order valence-corrected chi connectivity index (χ3v) is 4.03. The van der Waals surface area contributed by atoms with E-state index in [9.17, 15) is 0 Å². The van der Waals surface area contributed by atoms with Gasteiger partial charge < -0.3 is 4.74 Å². The normalized spacial score (nSPS) is 16.6. The van der Waals surface area contributed by atoms with E-state index in [1.54, 1.807) is 0 Å². The second-order valence-electron chi connectivity index (χ2n) is 4.32. The lowest BCUT2D eigenvalue weighted by molar-refractivity contribution is 0.251. The number of hydrogen-bond donors (Lipinski definition) is 0. The van der Waals surface area contributed by atoms with Crippen molar-refractivity contribution in [1.29, 1.82) is 0 Å². The van der Waals surface area contributed by atoms with Crippen molar-refractivity contribution in [2.75, 3.05) is 6.61 Å². The summed E-state index contributed by atoms with van der Waals surface area (Å²) in [5.41, 5.74) is 1.13. The predicted octanol–water partition coefficient (Wildman–Crippen LogP) is 4.80. The van der Waals surface area contributed by atoms with E-state index in [2.05, 4.69) is 15.9 Å². The van der Waals surface area contributed by atoms with Crippen LogP contribution in [0.5, 0.6) is 5.75 Å². The van der Waals surface area contributed by atoms with Crippen LogP contribution in [0.2, 0.25) is 5.02 Å². The van der Waals surface area contributed by atoms with Gasteiger partial charge in [0, 0.05) is 10.9 Å². The molecule has 0 saturated heterocycles. The van der Waals surface area contributed by atoms with E-state index in [0.29, 0.717) is 0 Å². The Balaban J connectivity index is 2.01. The Bertz CT molecular complexity index is 348. The minimum Gasteiger partial charge on any atom is -0.491 e. The first-order valence-electron chi connectivity index (χ1n) is 5.77. The van der Waals surface area contributed by atoms with Gasteiger partial charge >= 0.3 is 0 Å². The molecule has 0 unspecified atom stereocenters. The van der Waals surface area contributed by atoms with E-state index in [4.69, 9.17) is 16.3 Å². The summed E-state index contributed by atoms with van der Waals surface area (Å²) >= 11 is 9.61. The van der Waals surface area contributed by atoms with Gasteiger partial charge in [0.15, 0.2) is 0 Å². The summed E-state index contributed by atoms with van der Waals surface area (Å²) in [4.78, 5) is 0.